The van der Waals surface area contributed by atoms with Crippen LogP contribution in [-0.4, -0.2) is 52.4 Å². The number of ether oxygens (including phenoxy) is 4. The number of hydrogen-bond acceptors (Lipinski definition) is 9. The summed E-state index contributed by atoms with van der Waals surface area (Å²) in [6.45, 7) is 3.30. The highest BCUT2D eigenvalue weighted by Gasteiger charge is 2.50. The standard InChI is InChI=1S/C15H18N2O8S/c1-7(18)22-6-10-12(23-8(2)19)13(24-9(3)20)14(25-10)17-5-4-11(26)16-15(17)21/h4-5,10,12-14H,6H2,1-3H3,(H,16,21,26)/t10-,12-,13-,14-/m1/s1. The fraction of sp³-hybridized carbons (Fsp3) is 0.533. The van der Waals surface area contributed by atoms with Crippen molar-refractivity contribution in [3.8, 4) is 0 Å². The number of rotatable bonds is 5. The van der Waals surface area contributed by atoms with E-state index in [1.165, 1.54) is 33.0 Å². The summed E-state index contributed by atoms with van der Waals surface area (Å²) in [7, 11) is 0. The molecule has 1 N–H and O–H groups in total. The lowest BCUT2D eigenvalue weighted by Crippen LogP contribution is -2.41. The number of esters is 3. The Labute approximate surface area is 153 Å². The van der Waals surface area contributed by atoms with Crippen molar-refractivity contribution >= 4 is 30.1 Å². The van der Waals surface area contributed by atoms with Gasteiger partial charge in [-0.15, -0.1) is 0 Å². The van der Waals surface area contributed by atoms with Gasteiger partial charge in [-0.25, -0.2) is 4.79 Å². The van der Waals surface area contributed by atoms with Crippen molar-refractivity contribution in [2.24, 2.45) is 0 Å². The lowest BCUT2D eigenvalue weighted by molar-refractivity contribution is -0.166. The van der Waals surface area contributed by atoms with Crippen molar-refractivity contribution in [2.75, 3.05) is 6.61 Å². The fourth-order valence-electron chi connectivity index (χ4n) is 2.54. The van der Waals surface area contributed by atoms with Crippen LogP contribution in [0.3, 0.4) is 0 Å². The minimum atomic E-state index is -1.13. The highest BCUT2D eigenvalue weighted by molar-refractivity contribution is 7.71. The number of aromatic nitrogens is 2. The van der Waals surface area contributed by atoms with Crippen LogP contribution in [0.15, 0.2) is 17.1 Å². The van der Waals surface area contributed by atoms with E-state index in [1.54, 1.807) is 0 Å². The first-order valence-corrected chi connectivity index (χ1v) is 8.04. The summed E-state index contributed by atoms with van der Waals surface area (Å²) in [6.07, 6.45) is -2.88. The Morgan fingerprint density at radius 3 is 2.31 bits per heavy atom. The van der Waals surface area contributed by atoms with Crippen LogP contribution in [0, 0.1) is 4.64 Å². The minimum Gasteiger partial charge on any atom is -0.463 e. The highest BCUT2D eigenvalue weighted by Crippen LogP contribution is 2.33. The Kier molecular flexibility index (Phi) is 6.27. The second kappa shape index (κ2) is 8.23. The molecule has 1 aromatic heterocycles. The molecular formula is C15H18N2O8S. The quantitative estimate of drug-likeness (QED) is 0.430. The SMILES string of the molecule is CC(=O)OC[C@H]1O[C@@H](n2ccc(=S)[nH]c2=O)[C@H](OC(C)=O)[C@@H]1OC(C)=O. The molecule has 1 fully saturated rings. The van der Waals surface area contributed by atoms with Gasteiger partial charge in [-0.1, -0.05) is 12.2 Å². The van der Waals surface area contributed by atoms with E-state index in [-0.39, 0.29) is 11.2 Å². The number of carbonyl (C=O) groups is 3. The average Bonchev–Trinajstić information content (AvgIpc) is 2.82. The largest absolute Gasteiger partial charge is 0.463 e. The first-order chi connectivity index (χ1) is 12.2. The molecule has 1 aliphatic heterocycles. The zero-order valence-electron chi connectivity index (χ0n) is 14.3. The van der Waals surface area contributed by atoms with E-state index in [0.29, 0.717) is 0 Å². The average molecular weight is 386 g/mol. The van der Waals surface area contributed by atoms with E-state index in [1.807, 2.05) is 0 Å². The van der Waals surface area contributed by atoms with Crippen LogP contribution < -0.4 is 5.69 Å². The number of H-pyrrole nitrogens is 1. The number of hydrogen-bond donors (Lipinski definition) is 1. The third-order valence-corrected chi connectivity index (χ3v) is 3.70. The normalized spacial score (nSPS) is 24.7. The molecule has 10 nitrogen and oxygen atoms in total. The molecule has 0 spiro atoms. The molecular weight excluding hydrogens is 368 g/mol. The van der Waals surface area contributed by atoms with Crippen LogP contribution in [0.4, 0.5) is 0 Å². The van der Waals surface area contributed by atoms with Crippen LogP contribution in [-0.2, 0) is 33.3 Å². The maximum absolute atomic E-state index is 12.2. The monoisotopic (exact) mass is 386 g/mol. The molecule has 1 aliphatic rings. The van der Waals surface area contributed by atoms with Gasteiger partial charge in [0.05, 0.1) is 0 Å². The van der Waals surface area contributed by atoms with Crippen LogP contribution in [0.25, 0.3) is 0 Å². The van der Waals surface area contributed by atoms with E-state index in [4.69, 9.17) is 31.2 Å². The van der Waals surface area contributed by atoms with Crippen LogP contribution in [0.1, 0.15) is 27.0 Å². The summed E-state index contributed by atoms with van der Waals surface area (Å²) in [5.74, 6) is -1.88. The number of nitrogens with zero attached hydrogens (tertiary/aromatic N) is 1. The molecule has 1 saturated heterocycles. The van der Waals surface area contributed by atoms with E-state index < -0.39 is 48.1 Å². The van der Waals surface area contributed by atoms with Gasteiger partial charge in [0, 0.05) is 27.0 Å². The molecule has 0 bridgehead atoms. The van der Waals surface area contributed by atoms with Crippen LogP contribution in [0.5, 0.6) is 0 Å². The third-order valence-electron chi connectivity index (χ3n) is 3.47. The molecule has 2 rings (SSSR count). The van der Waals surface area contributed by atoms with Crippen LogP contribution >= 0.6 is 12.2 Å². The van der Waals surface area contributed by atoms with Gasteiger partial charge in [-0.05, 0) is 6.07 Å². The Balaban J connectivity index is 2.41. The molecule has 1 aromatic rings. The molecule has 2 heterocycles. The number of aromatic amines is 1. The van der Waals surface area contributed by atoms with Crippen molar-refractivity contribution in [3.63, 3.8) is 0 Å². The molecule has 0 unspecified atom stereocenters. The fourth-order valence-corrected chi connectivity index (χ4v) is 2.69. The Morgan fingerprint density at radius 2 is 1.77 bits per heavy atom. The summed E-state index contributed by atoms with van der Waals surface area (Å²) in [5, 5.41) is 0. The van der Waals surface area contributed by atoms with Gasteiger partial charge in [0.1, 0.15) is 17.4 Å². The van der Waals surface area contributed by atoms with Gasteiger partial charge in [0.25, 0.3) is 0 Å². The first-order valence-electron chi connectivity index (χ1n) is 7.63. The predicted octanol–water partition coefficient (Wildman–Crippen LogP) is 0.230. The molecule has 0 aliphatic carbocycles. The Bertz CT molecular complexity index is 816. The highest BCUT2D eigenvalue weighted by atomic mass is 32.1. The van der Waals surface area contributed by atoms with E-state index in [9.17, 15) is 19.2 Å². The predicted molar refractivity (Wildman–Crippen MR) is 87.5 cm³/mol. The van der Waals surface area contributed by atoms with Crippen molar-refractivity contribution < 1.29 is 33.3 Å². The topological polar surface area (TPSA) is 126 Å². The third kappa shape index (κ3) is 4.76. The Morgan fingerprint density at radius 1 is 1.15 bits per heavy atom. The van der Waals surface area contributed by atoms with Gasteiger partial charge in [0.2, 0.25) is 0 Å². The molecule has 0 amide bonds. The molecule has 142 valence electrons. The van der Waals surface area contributed by atoms with E-state index in [0.717, 1.165) is 4.57 Å². The van der Waals surface area contributed by atoms with Crippen molar-refractivity contribution in [3.05, 3.63) is 27.4 Å². The van der Waals surface area contributed by atoms with Gasteiger partial charge in [0.15, 0.2) is 18.4 Å². The lowest BCUT2D eigenvalue weighted by Gasteiger charge is -2.23. The summed E-state index contributed by atoms with van der Waals surface area (Å²) < 4.78 is 22.4. The number of carbonyl (C=O) groups excluding carboxylic acids is 3. The number of nitrogens with one attached hydrogen (secondary N) is 1. The molecule has 0 saturated carbocycles. The molecule has 4 atom stereocenters. The minimum absolute atomic E-state index is 0.210. The molecule has 26 heavy (non-hydrogen) atoms. The summed E-state index contributed by atoms with van der Waals surface area (Å²) in [6, 6.07) is 1.45. The van der Waals surface area contributed by atoms with Crippen LogP contribution in [0.2, 0.25) is 0 Å². The second-order valence-corrected chi connectivity index (χ2v) is 5.97. The van der Waals surface area contributed by atoms with E-state index in [2.05, 4.69) is 4.98 Å². The van der Waals surface area contributed by atoms with E-state index >= 15 is 0 Å². The first kappa shape index (κ1) is 19.8. The van der Waals surface area contributed by atoms with Gasteiger partial charge < -0.3 is 18.9 Å². The lowest BCUT2D eigenvalue weighted by atomic mass is 10.1. The van der Waals surface area contributed by atoms with Crippen molar-refractivity contribution in [1.29, 1.82) is 0 Å². The second-order valence-electron chi connectivity index (χ2n) is 5.53. The zero-order chi connectivity index (χ0) is 19.4. The molecule has 11 heteroatoms. The van der Waals surface area contributed by atoms with Gasteiger partial charge >= 0.3 is 23.6 Å². The molecule has 0 radical (unpaired) electrons. The maximum Gasteiger partial charge on any atom is 0.328 e. The zero-order valence-corrected chi connectivity index (χ0v) is 15.1. The van der Waals surface area contributed by atoms with Crippen molar-refractivity contribution in [1.82, 2.24) is 9.55 Å². The summed E-state index contributed by atoms with van der Waals surface area (Å²) in [5.41, 5.74) is -0.602. The van der Waals surface area contributed by atoms with Gasteiger partial charge in [-0.3, -0.25) is 23.9 Å². The Hall–Kier alpha value is -2.53. The van der Waals surface area contributed by atoms with Crippen molar-refractivity contribution in [2.45, 2.75) is 45.3 Å². The summed E-state index contributed by atoms with van der Waals surface area (Å²) >= 11 is 4.89. The molecule has 0 aromatic carbocycles. The van der Waals surface area contributed by atoms with Gasteiger partial charge in [-0.2, -0.15) is 0 Å². The summed E-state index contributed by atoms with van der Waals surface area (Å²) in [4.78, 5) is 48.7. The smallest absolute Gasteiger partial charge is 0.328 e. The maximum atomic E-state index is 12.2.